The lowest BCUT2D eigenvalue weighted by molar-refractivity contribution is -0.158. The summed E-state index contributed by atoms with van der Waals surface area (Å²) in [5.74, 6) is -0.661. The average Bonchev–Trinajstić information content (AvgIpc) is 2.17. The normalized spacial score (nSPS) is 13.3. The maximum absolute atomic E-state index is 11.1. The van der Waals surface area contributed by atoms with Crippen molar-refractivity contribution in [2.24, 2.45) is 5.73 Å². The summed E-state index contributed by atoms with van der Waals surface area (Å²) in [5, 5.41) is 8.79. The van der Waals surface area contributed by atoms with Crippen molar-refractivity contribution in [1.29, 1.82) is 0 Å². The number of aliphatic hydroxyl groups excluding tert-OH is 1. The number of nitrogens with two attached hydrogens (primary N) is 1. The van der Waals surface area contributed by atoms with Crippen molar-refractivity contribution in [3.63, 3.8) is 0 Å². The Hall–Kier alpha value is -1.81. The minimum absolute atomic E-state index is 0.307. The minimum atomic E-state index is -1.13. The summed E-state index contributed by atoms with van der Waals surface area (Å²) >= 11 is 0. The fourth-order valence-electron chi connectivity index (χ4n) is 1.04. The third-order valence-corrected chi connectivity index (χ3v) is 1.67. The Morgan fingerprint density at radius 3 is 2.60 bits per heavy atom. The SMILES string of the molecule is CC(O)OC(=O)C=C(N)c1ccccc1. The predicted octanol–water partition coefficient (Wildman–Crippen LogP) is 0.868. The molecule has 1 unspecified atom stereocenters. The Bertz CT molecular complexity index is 357. The van der Waals surface area contributed by atoms with Crippen molar-refractivity contribution in [3.8, 4) is 0 Å². The Morgan fingerprint density at radius 2 is 2.07 bits per heavy atom. The summed E-state index contributed by atoms with van der Waals surface area (Å²) in [7, 11) is 0. The molecule has 0 aromatic heterocycles. The first-order chi connectivity index (χ1) is 7.09. The molecule has 0 amide bonds. The molecule has 4 nitrogen and oxygen atoms in total. The van der Waals surface area contributed by atoms with Crippen LogP contribution in [0, 0.1) is 0 Å². The quantitative estimate of drug-likeness (QED) is 0.438. The van der Waals surface area contributed by atoms with Crippen LogP contribution in [0.2, 0.25) is 0 Å². The molecular formula is C11H13NO3. The molecule has 0 aliphatic heterocycles. The molecule has 0 saturated carbocycles. The van der Waals surface area contributed by atoms with Gasteiger partial charge in [0.05, 0.1) is 0 Å². The van der Waals surface area contributed by atoms with Gasteiger partial charge in [0, 0.05) is 11.8 Å². The van der Waals surface area contributed by atoms with Crippen molar-refractivity contribution in [2.45, 2.75) is 13.2 Å². The Labute approximate surface area is 88.0 Å². The number of benzene rings is 1. The zero-order chi connectivity index (χ0) is 11.3. The minimum Gasteiger partial charge on any atom is -0.433 e. The zero-order valence-electron chi connectivity index (χ0n) is 8.38. The van der Waals surface area contributed by atoms with E-state index >= 15 is 0 Å². The molecule has 1 rings (SSSR count). The topological polar surface area (TPSA) is 72.5 Å². The van der Waals surface area contributed by atoms with E-state index in [4.69, 9.17) is 10.8 Å². The lowest BCUT2D eigenvalue weighted by atomic mass is 10.1. The van der Waals surface area contributed by atoms with Crippen molar-refractivity contribution in [1.82, 2.24) is 0 Å². The molecule has 3 N–H and O–H groups in total. The number of rotatable bonds is 3. The third-order valence-electron chi connectivity index (χ3n) is 1.67. The van der Waals surface area contributed by atoms with Crippen LogP contribution < -0.4 is 5.73 Å². The number of ether oxygens (including phenoxy) is 1. The molecule has 1 aromatic carbocycles. The van der Waals surface area contributed by atoms with Crippen LogP contribution in [-0.2, 0) is 9.53 Å². The summed E-state index contributed by atoms with van der Waals surface area (Å²) in [6.07, 6.45) is 0.0134. The molecule has 0 saturated heterocycles. The third kappa shape index (κ3) is 3.83. The maximum atomic E-state index is 11.1. The smallest absolute Gasteiger partial charge is 0.335 e. The van der Waals surface area contributed by atoms with Gasteiger partial charge in [0.1, 0.15) is 0 Å². The van der Waals surface area contributed by atoms with Crippen LogP contribution in [0.4, 0.5) is 0 Å². The van der Waals surface area contributed by atoms with Crippen LogP contribution in [-0.4, -0.2) is 17.4 Å². The lowest BCUT2D eigenvalue weighted by Gasteiger charge is -2.05. The molecule has 0 heterocycles. The van der Waals surface area contributed by atoms with Crippen LogP contribution >= 0.6 is 0 Å². The van der Waals surface area contributed by atoms with E-state index in [9.17, 15) is 4.79 Å². The molecular weight excluding hydrogens is 194 g/mol. The highest BCUT2D eigenvalue weighted by Crippen LogP contribution is 2.07. The second-order valence-electron chi connectivity index (χ2n) is 3.00. The highest BCUT2D eigenvalue weighted by molar-refractivity contribution is 5.90. The number of hydrogen-bond acceptors (Lipinski definition) is 4. The molecule has 4 heteroatoms. The van der Waals surface area contributed by atoms with E-state index < -0.39 is 12.3 Å². The Morgan fingerprint density at radius 1 is 1.47 bits per heavy atom. The van der Waals surface area contributed by atoms with Crippen molar-refractivity contribution in [2.75, 3.05) is 0 Å². The van der Waals surface area contributed by atoms with Crippen LogP contribution in [0.5, 0.6) is 0 Å². The number of hydrogen-bond donors (Lipinski definition) is 2. The molecule has 0 radical (unpaired) electrons. The van der Waals surface area contributed by atoms with Gasteiger partial charge in [-0.05, 0) is 12.5 Å². The van der Waals surface area contributed by atoms with E-state index in [1.807, 2.05) is 18.2 Å². The van der Waals surface area contributed by atoms with Crippen molar-refractivity contribution >= 4 is 11.7 Å². The van der Waals surface area contributed by atoms with Crippen LogP contribution in [0.1, 0.15) is 12.5 Å². The zero-order valence-corrected chi connectivity index (χ0v) is 8.38. The van der Waals surface area contributed by atoms with E-state index in [1.54, 1.807) is 12.1 Å². The van der Waals surface area contributed by atoms with Crippen molar-refractivity contribution in [3.05, 3.63) is 42.0 Å². The fraction of sp³-hybridized carbons (Fsp3) is 0.182. The fourth-order valence-corrected chi connectivity index (χ4v) is 1.04. The molecule has 80 valence electrons. The van der Waals surface area contributed by atoms with Crippen LogP contribution in [0.25, 0.3) is 5.70 Å². The summed E-state index contributed by atoms with van der Waals surface area (Å²) in [6.45, 7) is 1.35. The first-order valence-electron chi connectivity index (χ1n) is 4.51. The summed E-state index contributed by atoms with van der Waals surface area (Å²) in [5.41, 5.74) is 6.69. The second-order valence-corrected chi connectivity index (χ2v) is 3.00. The molecule has 1 atom stereocenters. The Kier molecular flexibility index (Phi) is 3.88. The average molecular weight is 207 g/mol. The van der Waals surface area contributed by atoms with Gasteiger partial charge in [-0.15, -0.1) is 0 Å². The van der Waals surface area contributed by atoms with Crippen LogP contribution in [0.15, 0.2) is 36.4 Å². The molecule has 15 heavy (non-hydrogen) atoms. The monoisotopic (exact) mass is 207 g/mol. The first kappa shape index (κ1) is 11.3. The largest absolute Gasteiger partial charge is 0.433 e. The van der Waals surface area contributed by atoms with Gasteiger partial charge in [-0.3, -0.25) is 0 Å². The van der Waals surface area contributed by atoms with E-state index in [0.29, 0.717) is 5.70 Å². The van der Waals surface area contributed by atoms with Crippen molar-refractivity contribution < 1.29 is 14.6 Å². The van der Waals surface area contributed by atoms with E-state index in [0.717, 1.165) is 11.6 Å². The molecule has 0 bridgehead atoms. The standard InChI is InChI=1S/C11H13NO3/c1-8(13)15-11(14)7-10(12)9-5-3-2-4-6-9/h2-8,13H,12H2,1H3. The van der Waals surface area contributed by atoms with Gasteiger partial charge in [-0.25, -0.2) is 4.79 Å². The second kappa shape index (κ2) is 5.17. The number of carbonyl (C=O) groups is 1. The highest BCUT2D eigenvalue weighted by Gasteiger charge is 2.04. The van der Waals surface area contributed by atoms with Gasteiger partial charge in [-0.2, -0.15) is 0 Å². The maximum Gasteiger partial charge on any atom is 0.335 e. The molecule has 0 aliphatic carbocycles. The van der Waals surface area contributed by atoms with Gasteiger partial charge < -0.3 is 15.6 Å². The van der Waals surface area contributed by atoms with E-state index in [2.05, 4.69) is 4.74 Å². The predicted molar refractivity (Wildman–Crippen MR) is 56.4 cm³/mol. The van der Waals surface area contributed by atoms with Gasteiger partial charge in [-0.1, -0.05) is 30.3 Å². The van der Waals surface area contributed by atoms with E-state index in [-0.39, 0.29) is 0 Å². The van der Waals surface area contributed by atoms with Gasteiger partial charge >= 0.3 is 5.97 Å². The van der Waals surface area contributed by atoms with Crippen LogP contribution in [0.3, 0.4) is 0 Å². The highest BCUT2D eigenvalue weighted by atomic mass is 16.6. The molecule has 1 aromatic rings. The number of esters is 1. The summed E-state index contributed by atoms with van der Waals surface area (Å²) < 4.78 is 4.50. The lowest BCUT2D eigenvalue weighted by Crippen LogP contribution is -2.13. The van der Waals surface area contributed by atoms with Gasteiger partial charge in [0.15, 0.2) is 6.29 Å². The molecule has 0 fully saturated rings. The number of aliphatic hydroxyl groups is 1. The molecule has 0 aliphatic rings. The number of carbonyl (C=O) groups excluding carboxylic acids is 1. The summed E-state index contributed by atoms with van der Waals surface area (Å²) in [4.78, 5) is 11.1. The summed E-state index contributed by atoms with van der Waals surface area (Å²) in [6, 6.07) is 9.04. The van der Waals surface area contributed by atoms with Gasteiger partial charge in [0.25, 0.3) is 0 Å². The van der Waals surface area contributed by atoms with Gasteiger partial charge in [0.2, 0.25) is 0 Å². The molecule has 0 spiro atoms. The van der Waals surface area contributed by atoms with E-state index in [1.165, 1.54) is 6.92 Å². The first-order valence-corrected chi connectivity index (χ1v) is 4.51. The Balaban J connectivity index is 2.72.